The molecule has 0 aliphatic carbocycles. The van der Waals surface area contributed by atoms with E-state index in [1.54, 1.807) is 41.5 Å². The minimum atomic E-state index is -0.133. The fourth-order valence-corrected chi connectivity index (χ4v) is 2.42. The molecule has 6 nitrogen and oxygen atoms in total. The molecule has 6 heteroatoms. The van der Waals surface area contributed by atoms with Crippen molar-refractivity contribution in [1.29, 1.82) is 0 Å². The van der Waals surface area contributed by atoms with Crippen LogP contribution in [0.1, 0.15) is 17.5 Å². The Kier molecular flexibility index (Phi) is 5.09. The van der Waals surface area contributed by atoms with E-state index in [0.29, 0.717) is 18.1 Å². The average molecular weight is 336 g/mol. The Hall–Kier alpha value is -3.15. The summed E-state index contributed by atoms with van der Waals surface area (Å²) in [5.41, 5.74) is 2.88. The molecule has 2 heterocycles. The van der Waals surface area contributed by atoms with Crippen LogP contribution < -0.4 is 10.1 Å². The lowest BCUT2D eigenvalue weighted by Gasteiger charge is -2.12. The zero-order chi connectivity index (χ0) is 17.6. The first-order chi connectivity index (χ1) is 12.1. The minimum absolute atomic E-state index is 0.133. The van der Waals surface area contributed by atoms with Gasteiger partial charge in [-0.1, -0.05) is 12.1 Å². The second-order valence-corrected chi connectivity index (χ2v) is 5.67. The molecule has 3 aromatic rings. The lowest BCUT2D eigenvalue weighted by Crippen LogP contribution is -2.17. The van der Waals surface area contributed by atoms with Gasteiger partial charge in [-0.15, -0.1) is 0 Å². The summed E-state index contributed by atoms with van der Waals surface area (Å²) in [6.45, 7) is 4.36. The molecule has 0 atom stereocenters. The normalized spacial score (nSPS) is 10.5. The van der Waals surface area contributed by atoms with Crippen molar-refractivity contribution in [2.45, 2.75) is 20.3 Å². The number of anilines is 1. The monoisotopic (exact) mass is 336 g/mol. The highest BCUT2D eigenvalue weighted by Crippen LogP contribution is 2.21. The summed E-state index contributed by atoms with van der Waals surface area (Å²) in [7, 11) is 0. The summed E-state index contributed by atoms with van der Waals surface area (Å²) >= 11 is 0. The van der Waals surface area contributed by atoms with Crippen molar-refractivity contribution in [3.63, 3.8) is 0 Å². The summed E-state index contributed by atoms with van der Waals surface area (Å²) in [5, 5.41) is 7.02. The molecule has 25 heavy (non-hydrogen) atoms. The predicted octanol–water partition coefficient (Wildman–Crippen LogP) is 3.29. The van der Waals surface area contributed by atoms with E-state index in [1.807, 2.05) is 32.0 Å². The van der Waals surface area contributed by atoms with Crippen LogP contribution in [-0.4, -0.2) is 27.3 Å². The van der Waals surface area contributed by atoms with Gasteiger partial charge in [0.25, 0.3) is 0 Å². The second-order valence-electron chi connectivity index (χ2n) is 5.67. The average Bonchev–Trinajstić information content (AvgIpc) is 3.13. The minimum Gasteiger partial charge on any atom is -0.493 e. The van der Waals surface area contributed by atoms with E-state index < -0.39 is 0 Å². The number of aryl methyl sites for hydroxylation is 1. The topological polar surface area (TPSA) is 69.0 Å². The van der Waals surface area contributed by atoms with Gasteiger partial charge in [0.1, 0.15) is 5.75 Å². The van der Waals surface area contributed by atoms with Crippen LogP contribution in [0.4, 0.5) is 5.69 Å². The number of pyridine rings is 1. The predicted molar refractivity (Wildman–Crippen MR) is 96.0 cm³/mol. The van der Waals surface area contributed by atoms with E-state index in [2.05, 4.69) is 15.4 Å². The third-order valence-corrected chi connectivity index (χ3v) is 3.92. The van der Waals surface area contributed by atoms with Crippen LogP contribution >= 0.6 is 0 Å². The molecule has 0 saturated carbocycles. The van der Waals surface area contributed by atoms with E-state index in [1.165, 1.54) is 5.56 Å². The van der Waals surface area contributed by atoms with Gasteiger partial charge >= 0.3 is 0 Å². The first-order valence-corrected chi connectivity index (χ1v) is 8.09. The molecule has 0 radical (unpaired) electrons. The first-order valence-electron chi connectivity index (χ1n) is 8.09. The molecule has 0 aliphatic heterocycles. The Labute approximate surface area is 146 Å². The summed E-state index contributed by atoms with van der Waals surface area (Å²) in [6, 6.07) is 11.3. The molecule has 2 aromatic heterocycles. The van der Waals surface area contributed by atoms with E-state index in [4.69, 9.17) is 4.74 Å². The number of nitrogens with one attached hydrogen (secondary N) is 1. The summed E-state index contributed by atoms with van der Waals surface area (Å²) in [6.07, 6.45) is 5.36. The van der Waals surface area contributed by atoms with Gasteiger partial charge in [-0.2, -0.15) is 5.10 Å². The van der Waals surface area contributed by atoms with Gasteiger partial charge in [-0.05, 0) is 49.2 Å². The van der Waals surface area contributed by atoms with Crippen LogP contribution in [-0.2, 0) is 4.79 Å². The number of carbonyl (C=O) groups is 1. The zero-order valence-electron chi connectivity index (χ0n) is 14.3. The molecule has 1 N–H and O–H groups in total. The summed E-state index contributed by atoms with van der Waals surface area (Å²) in [5.74, 6) is 1.26. The van der Waals surface area contributed by atoms with Gasteiger partial charge in [0.05, 0.1) is 18.7 Å². The molecule has 0 fully saturated rings. The summed E-state index contributed by atoms with van der Waals surface area (Å²) in [4.78, 5) is 16.5. The maximum atomic E-state index is 12.2. The van der Waals surface area contributed by atoms with Crippen molar-refractivity contribution in [2.24, 2.45) is 0 Å². The maximum Gasteiger partial charge on any atom is 0.227 e. The molecule has 0 aliphatic rings. The van der Waals surface area contributed by atoms with E-state index >= 15 is 0 Å². The number of benzene rings is 1. The highest BCUT2D eigenvalue weighted by atomic mass is 16.5. The van der Waals surface area contributed by atoms with Gasteiger partial charge in [0, 0.05) is 18.6 Å². The highest BCUT2D eigenvalue weighted by Gasteiger charge is 2.10. The van der Waals surface area contributed by atoms with E-state index in [-0.39, 0.29) is 12.3 Å². The molecule has 0 spiro atoms. The van der Waals surface area contributed by atoms with Crippen molar-refractivity contribution in [3.05, 3.63) is 66.1 Å². The molecule has 0 unspecified atom stereocenters. The number of rotatable bonds is 6. The van der Waals surface area contributed by atoms with Crippen LogP contribution in [0.5, 0.6) is 5.75 Å². The molecular weight excluding hydrogens is 316 g/mol. The van der Waals surface area contributed by atoms with Crippen LogP contribution in [0.15, 0.2) is 55.0 Å². The smallest absolute Gasteiger partial charge is 0.227 e. The van der Waals surface area contributed by atoms with Gasteiger partial charge in [0.2, 0.25) is 5.91 Å². The van der Waals surface area contributed by atoms with Gasteiger partial charge in [-0.3, -0.25) is 4.79 Å². The maximum absolute atomic E-state index is 12.2. The van der Waals surface area contributed by atoms with Gasteiger partial charge in [-0.25, -0.2) is 9.67 Å². The van der Waals surface area contributed by atoms with Crippen molar-refractivity contribution in [1.82, 2.24) is 14.8 Å². The Balaban J connectivity index is 1.59. The lowest BCUT2D eigenvalue weighted by atomic mass is 10.1. The number of nitrogens with zero attached hydrogens (tertiary/aromatic N) is 3. The molecule has 1 amide bonds. The number of hydrogen-bond donors (Lipinski definition) is 1. The number of aromatic nitrogens is 3. The van der Waals surface area contributed by atoms with Crippen LogP contribution in [0.2, 0.25) is 0 Å². The van der Waals surface area contributed by atoms with Crippen LogP contribution in [0, 0.1) is 13.8 Å². The Bertz CT molecular complexity index is 860. The van der Waals surface area contributed by atoms with Gasteiger partial charge in [0.15, 0.2) is 5.82 Å². The number of amides is 1. The zero-order valence-corrected chi connectivity index (χ0v) is 14.3. The number of hydrogen-bond acceptors (Lipinski definition) is 4. The number of carbonyl (C=O) groups excluding carboxylic acids is 1. The van der Waals surface area contributed by atoms with Crippen molar-refractivity contribution in [2.75, 3.05) is 11.9 Å². The van der Waals surface area contributed by atoms with Gasteiger partial charge < -0.3 is 10.1 Å². The molecule has 3 rings (SSSR count). The number of ether oxygens (including phenoxy) is 1. The van der Waals surface area contributed by atoms with Crippen LogP contribution in [0.25, 0.3) is 5.82 Å². The summed E-state index contributed by atoms with van der Waals surface area (Å²) < 4.78 is 7.35. The highest BCUT2D eigenvalue weighted by molar-refractivity contribution is 5.92. The van der Waals surface area contributed by atoms with Crippen molar-refractivity contribution in [3.8, 4) is 11.6 Å². The van der Waals surface area contributed by atoms with E-state index in [0.717, 1.165) is 11.3 Å². The molecule has 1 aromatic carbocycles. The SMILES string of the molecule is Cc1cccc(OCCC(=O)Nc2cccnc2-n2cccn2)c1C. The molecule has 0 saturated heterocycles. The molecule has 0 bridgehead atoms. The van der Waals surface area contributed by atoms with Crippen molar-refractivity contribution >= 4 is 11.6 Å². The largest absolute Gasteiger partial charge is 0.493 e. The van der Waals surface area contributed by atoms with Crippen molar-refractivity contribution < 1.29 is 9.53 Å². The third kappa shape index (κ3) is 4.03. The molecular formula is C19H20N4O2. The first kappa shape index (κ1) is 16.7. The fraction of sp³-hybridized carbons (Fsp3) is 0.211. The van der Waals surface area contributed by atoms with E-state index in [9.17, 15) is 4.79 Å². The Morgan fingerprint density at radius 3 is 2.84 bits per heavy atom. The third-order valence-electron chi connectivity index (χ3n) is 3.92. The lowest BCUT2D eigenvalue weighted by molar-refractivity contribution is -0.116. The quantitative estimate of drug-likeness (QED) is 0.750. The second kappa shape index (κ2) is 7.61. The Morgan fingerprint density at radius 1 is 1.16 bits per heavy atom. The Morgan fingerprint density at radius 2 is 2.04 bits per heavy atom. The molecule has 128 valence electrons. The standard InChI is InChI=1S/C19H20N4O2/c1-14-6-3-8-17(15(14)2)25-13-9-18(24)22-16-7-4-10-20-19(16)23-12-5-11-21-23/h3-8,10-12H,9,13H2,1-2H3,(H,22,24). The fourth-order valence-electron chi connectivity index (χ4n) is 2.42. The van der Waals surface area contributed by atoms with Crippen LogP contribution in [0.3, 0.4) is 0 Å².